The number of aromatic nitrogens is 1. The molecule has 0 saturated heterocycles. The second-order valence-corrected chi connectivity index (χ2v) is 4.66. The topological polar surface area (TPSA) is 77.3 Å². The molecule has 2 rings (SSSR count). The average molecular weight is 287 g/mol. The van der Waals surface area contributed by atoms with Gasteiger partial charge >= 0.3 is 0 Å². The highest BCUT2D eigenvalue weighted by atomic mass is 16.6. The standard InChI is InChI=1S/C15H17N3O3/c1-11-14(18(19)20)6-7-15(17-11)16-9-12-4-3-5-13(8-12)10-21-2/h3-8H,9-10H2,1-2H3,(H,16,17). The number of ether oxygens (including phenoxy) is 1. The lowest BCUT2D eigenvalue weighted by molar-refractivity contribution is -0.385. The highest BCUT2D eigenvalue weighted by Gasteiger charge is 2.11. The van der Waals surface area contributed by atoms with Crippen LogP contribution < -0.4 is 5.32 Å². The zero-order valence-corrected chi connectivity index (χ0v) is 12.0. The second-order valence-electron chi connectivity index (χ2n) is 4.66. The lowest BCUT2D eigenvalue weighted by atomic mass is 10.1. The van der Waals surface area contributed by atoms with E-state index in [4.69, 9.17) is 4.74 Å². The monoisotopic (exact) mass is 287 g/mol. The van der Waals surface area contributed by atoms with Crippen LogP contribution >= 0.6 is 0 Å². The summed E-state index contributed by atoms with van der Waals surface area (Å²) in [6.07, 6.45) is 0. The van der Waals surface area contributed by atoms with E-state index < -0.39 is 4.92 Å². The molecule has 0 spiro atoms. The lowest BCUT2D eigenvalue weighted by Crippen LogP contribution is -2.04. The summed E-state index contributed by atoms with van der Waals surface area (Å²) in [4.78, 5) is 14.5. The summed E-state index contributed by atoms with van der Waals surface area (Å²) in [5, 5.41) is 13.9. The molecule has 1 aromatic heterocycles. The van der Waals surface area contributed by atoms with Crippen molar-refractivity contribution in [2.75, 3.05) is 12.4 Å². The molecule has 0 bridgehead atoms. The highest BCUT2D eigenvalue weighted by Crippen LogP contribution is 2.18. The van der Waals surface area contributed by atoms with E-state index in [2.05, 4.69) is 16.4 Å². The quantitative estimate of drug-likeness (QED) is 0.652. The maximum atomic E-state index is 10.7. The Morgan fingerprint density at radius 3 is 2.71 bits per heavy atom. The van der Waals surface area contributed by atoms with Gasteiger partial charge in [-0.3, -0.25) is 10.1 Å². The fourth-order valence-electron chi connectivity index (χ4n) is 2.03. The third-order valence-corrected chi connectivity index (χ3v) is 3.03. The van der Waals surface area contributed by atoms with Gasteiger partial charge < -0.3 is 10.1 Å². The molecule has 0 aliphatic rings. The van der Waals surface area contributed by atoms with Crippen LogP contribution in [0, 0.1) is 17.0 Å². The Hall–Kier alpha value is -2.47. The first-order chi connectivity index (χ1) is 10.1. The Morgan fingerprint density at radius 2 is 2.05 bits per heavy atom. The average Bonchev–Trinajstić information content (AvgIpc) is 2.45. The van der Waals surface area contributed by atoms with E-state index >= 15 is 0 Å². The normalized spacial score (nSPS) is 10.4. The van der Waals surface area contributed by atoms with Crippen LogP contribution in [0.5, 0.6) is 0 Å². The van der Waals surface area contributed by atoms with Gasteiger partial charge in [0.1, 0.15) is 11.5 Å². The number of nitrogens with zero attached hydrogens (tertiary/aromatic N) is 2. The van der Waals surface area contributed by atoms with E-state index in [1.807, 2.05) is 18.2 Å². The molecule has 1 heterocycles. The molecule has 0 fully saturated rings. The van der Waals surface area contributed by atoms with Gasteiger partial charge in [0.2, 0.25) is 0 Å². The minimum atomic E-state index is -0.430. The number of nitrogens with one attached hydrogen (secondary N) is 1. The Balaban J connectivity index is 2.04. The molecule has 0 saturated carbocycles. The van der Waals surface area contributed by atoms with Gasteiger partial charge in [0.05, 0.1) is 11.5 Å². The zero-order chi connectivity index (χ0) is 15.2. The fourth-order valence-corrected chi connectivity index (χ4v) is 2.03. The van der Waals surface area contributed by atoms with Crippen LogP contribution in [-0.4, -0.2) is 17.0 Å². The largest absolute Gasteiger partial charge is 0.380 e. The van der Waals surface area contributed by atoms with Crippen molar-refractivity contribution in [2.24, 2.45) is 0 Å². The van der Waals surface area contributed by atoms with Crippen molar-refractivity contribution in [3.8, 4) is 0 Å². The first kappa shape index (κ1) is 14.9. The molecule has 6 heteroatoms. The van der Waals surface area contributed by atoms with Crippen LogP contribution in [0.4, 0.5) is 11.5 Å². The van der Waals surface area contributed by atoms with Crippen LogP contribution in [0.1, 0.15) is 16.8 Å². The summed E-state index contributed by atoms with van der Waals surface area (Å²) in [5.74, 6) is 0.621. The van der Waals surface area contributed by atoms with E-state index in [0.717, 1.165) is 11.1 Å². The molecule has 21 heavy (non-hydrogen) atoms. The van der Waals surface area contributed by atoms with Gasteiger partial charge in [0, 0.05) is 19.7 Å². The van der Waals surface area contributed by atoms with Crippen molar-refractivity contribution < 1.29 is 9.66 Å². The van der Waals surface area contributed by atoms with Gasteiger partial charge in [-0.25, -0.2) is 4.98 Å². The summed E-state index contributed by atoms with van der Waals surface area (Å²) in [5.41, 5.74) is 2.63. The molecule has 2 aromatic rings. The van der Waals surface area contributed by atoms with E-state index in [1.165, 1.54) is 6.07 Å². The predicted octanol–water partition coefficient (Wildman–Crippen LogP) is 3.06. The molecule has 0 radical (unpaired) electrons. The maximum absolute atomic E-state index is 10.7. The number of benzene rings is 1. The Bertz CT molecular complexity index is 644. The first-order valence-electron chi connectivity index (χ1n) is 6.53. The Kier molecular flexibility index (Phi) is 4.84. The van der Waals surface area contributed by atoms with E-state index in [1.54, 1.807) is 20.1 Å². The molecule has 1 N–H and O–H groups in total. The van der Waals surface area contributed by atoms with E-state index in [0.29, 0.717) is 24.7 Å². The number of rotatable bonds is 6. The molecule has 0 unspecified atom stereocenters. The van der Waals surface area contributed by atoms with Gasteiger partial charge in [-0.1, -0.05) is 24.3 Å². The number of nitro groups is 1. The van der Waals surface area contributed by atoms with Crippen molar-refractivity contribution in [1.82, 2.24) is 4.98 Å². The molecule has 0 aliphatic heterocycles. The molecule has 0 amide bonds. The number of hydrogen-bond donors (Lipinski definition) is 1. The predicted molar refractivity (Wildman–Crippen MR) is 80.1 cm³/mol. The minimum absolute atomic E-state index is 0.0302. The van der Waals surface area contributed by atoms with Crippen LogP contribution in [0.25, 0.3) is 0 Å². The molecule has 0 aliphatic carbocycles. The molecule has 110 valence electrons. The van der Waals surface area contributed by atoms with Gasteiger partial charge in [-0.2, -0.15) is 0 Å². The third kappa shape index (κ3) is 4.00. The van der Waals surface area contributed by atoms with Crippen LogP contribution in [-0.2, 0) is 17.9 Å². The van der Waals surface area contributed by atoms with E-state index in [9.17, 15) is 10.1 Å². The van der Waals surface area contributed by atoms with Crippen molar-refractivity contribution >= 4 is 11.5 Å². The third-order valence-electron chi connectivity index (χ3n) is 3.03. The van der Waals surface area contributed by atoms with Crippen LogP contribution in [0.2, 0.25) is 0 Å². The van der Waals surface area contributed by atoms with Crippen molar-refractivity contribution in [3.05, 3.63) is 63.3 Å². The van der Waals surface area contributed by atoms with Crippen molar-refractivity contribution in [2.45, 2.75) is 20.1 Å². The van der Waals surface area contributed by atoms with E-state index in [-0.39, 0.29) is 5.69 Å². The van der Waals surface area contributed by atoms with Crippen LogP contribution in [0.15, 0.2) is 36.4 Å². The zero-order valence-electron chi connectivity index (χ0n) is 12.0. The van der Waals surface area contributed by atoms with Gasteiger partial charge in [-0.05, 0) is 24.1 Å². The summed E-state index contributed by atoms with van der Waals surface area (Å²) >= 11 is 0. The summed E-state index contributed by atoms with van der Waals surface area (Å²) in [7, 11) is 1.66. The van der Waals surface area contributed by atoms with Crippen molar-refractivity contribution in [1.29, 1.82) is 0 Å². The summed E-state index contributed by atoms with van der Waals surface area (Å²) in [6.45, 7) is 2.80. The Labute approximate surface area is 122 Å². The molecule has 1 aromatic carbocycles. The lowest BCUT2D eigenvalue weighted by Gasteiger charge is -2.08. The SMILES string of the molecule is COCc1cccc(CNc2ccc([N+](=O)[O-])c(C)n2)c1. The number of hydrogen-bond acceptors (Lipinski definition) is 5. The minimum Gasteiger partial charge on any atom is -0.380 e. The summed E-state index contributed by atoms with van der Waals surface area (Å²) < 4.78 is 5.10. The molecule has 0 atom stereocenters. The summed E-state index contributed by atoms with van der Waals surface area (Å²) in [6, 6.07) is 11.1. The molecular formula is C15H17N3O3. The number of pyridine rings is 1. The van der Waals surface area contributed by atoms with Crippen molar-refractivity contribution in [3.63, 3.8) is 0 Å². The maximum Gasteiger partial charge on any atom is 0.290 e. The first-order valence-corrected chi connectivity index (χ1v) is 6.53. The fraction of sp³-hybridized carbons (Fsp3) is 0.267. The second kappa shape index (κ2) is 6.81. The smallest absolute Gasteiger partial charge is 0.290 e. The molecule has 6 nitrogen and oxygen atoms in total. The number of methoxy groups -OCH3 is 1. The molecular weight excluding hydrogens is 270 g/mol. The highest BCUT2D eigenvalue weighted by molar-refractivity contribution is 5.45. The van der Waals surface area contributed by atoms with Gasteiger partial charge in [0.25, 0.3) is 5.69 Å². The Morgan fingerprint density at radius 1 is 1.29 bits per heavy atom. The van der Waals surface area contributed by atoms with Crippen LogP contribution in [0.3, 0.4) is 0 Å². The number of anilines is 1. The number of aryl methyl sites for hydroxylation is 1. The van der Waals surface area contributed by atoms with Gasteiger partial charge in [-0.15, -0.1) is 0 Å². The van der Waals surface area contributed by atoms with Gasteiger partial charge in [0.15, 0.2) is 0 Å².